The summed E-state index contributed by atoms with van der Waals surface area (Å²) in [6, 6.07) is 5.43. The van der Waals surface area contributed by atoms with E-state index < -0.39 is 5.97 Å². The van der Waals surface area contributed by atoms with Crippen molar-refractivity contribution in [2.45, 2.75) is 25.3 Å². The summed E-state index contributed by atoms with van der Waals surface area (Å²) >= 11 is 1.49. The Morgan fingerprint density at radius 1 is 1.43 bits per heavy atom. The molecule has 2 aromatic rings. The van der Waals surface area contributed by atoms with Gasteiger partial charge in [-0.2, -0.15) is 9.78 Å². The highest BCUT2D eigenvalue weighted by Gasteiger charge is 2.24. The third kappa shape index (κ3) is 3.36. The maximum atomic E-state index is 12.1. The molecule has 0 amide bonds. The fourth-order valence-electron chi connectivity index (χ4n) is 1.76. The molecule has 0 aliphatic heterocycles. The van der Waals surface area contributed by atoms with Gasteiger partial charge in [0.1, 0.15) is 16.4 Å². The number of nitrogens with two attached hydrogens (primary N) is 1. The van der Waals surface area contributed by atoms with Crippen LogP contribution in [0.3, 0.4) is 0 Å². The topological polar surface area (TPSA) is 83.0 Å². The molecule has 0 aliphatic carbocycles. The standard InChI is InChI=1S/C14H18N4O2S/c1-3-9-21-13-11(14(19)20-4-2)12(15)18(17-13)10-7-5-6-8-16-10/h5-8H,3-4,9,15H2,1-2H3. The lowest BCUT2D eigenvalue weighted by molar-refractivity contribution is 0.0523. The molecule has 0 saturated heterocycles. The maximum Gasteiger partial charge on any atom is 0.344 e. The molecular formula is C14H18N4O2S. The molecule has 2 N–H and O–H groups in total. The van der Waals surface area contributed by atoms with Gasteiger partial charge in [-0.1, -0.05) is 13.0 Å². The van der Waals surface area contributed by atoms with Crippen molar-refractivity contribution >= 4 is 23.5 Å². The Balaban J connectivity index is 2.46. The van der Waals surface area contributed by atoms with Crippen LogP contribution in [-0.4, -0.2) is 33.1 Å². The molecule has 0 radical (unpaired) electrons. The zero-order chi connectivity index (χ0) is 15.2. The second kappa shape index (κ2) is 7.12. The number of aromatic nitrogens is 3. The van der Waals surface area contributed by atoms with Crippen molar-refractivity contribution < 1.29 is 9.53 Å². The normalized spacial score (nSPS) is 10.6. The van der Waals surface area contributed by atoms with Crippen LogP contribution in [0, 0.1) is 0 Å². The lowest BCUT2D eigenvalue weighted by atomic mass is 10.3. The van der Waals surface area contributed by atoms with Crippen LogP contribution < -0.4 is 5.73 Å². The fraction of sp³-hybridized carbons (Fsp3) is 0.357. The Kier molecular flexibility index (Phi) is 5.21. The SMILES string of the molecule is CCCSc1nn(-c2ccccn2)c(N)c1C(=O)OCC. The molecule has 6 nitrogen and oxygen atoms in total. The average molecular weight is 306 g/mol. The number of pyridine rings is 1. The van der Waals surface area contributed by atoms with Crippen LogP contribution in [-0.2, 0) is 4.74 Å². The van der Waals surface area contributed by atoms with E-state index in [0.29, 0.717) is 23.0 Å². The van der Waals surface area contributed by atoms with E-state index in [2.05, 4.69) is 17.0 Å². The predicted molar refractivity (Wildman–Crippen MR) is 82.7 cm³/mol. The molecule has 0 unspecified atom stereocenters. The van der Waals surface area contributed by atoms with Gasteiger partial charge in [-0.05, 0) is 31.2 Å². The number of nitrogen functional groups attached to an aromatic ring is 1. The number of nitrogens with zero attached hydrogens (tertiary/aromatic N) is 3. The van der Waals surface area contributed by atoms with E-state index >= 15 is 0 Å². The molecule has 0 atom stereocenters. The number of ether oxygens (including phenoxy) is 1. The van der Waals surface area contributed by atoms with Gasteiger partial charge in [0.05, 0.1) is 6.61 Å². The van der Waals surface area contributed by atoms with Gasteiger partial charge in [0.15, 0.2) is 5.82 Å². The van der Waals surface area contributed by atoms with Crippen LogP contribution in [0.15, 0.2) is 29.4 Å². The van der Waals surface area contributed by atoms with Crippen molar-refractivity contribution in [1.82, 2.24) is 14.8 Å². The van der Waals surface area contributed by atoms with Gasteiger partial charge in [-0.25, -0.2) is 9.78 Å². The van der Waals surface area contributed by atoms with Gasteiger partial charge >= 0.3 is 5.97 Å². The molecule has 0 saturated carbocycles. The van der Waals surface area contributed by atoms with E-state index in [1.54, 1.807) is 19.2 Å². The van der Waals surface area contributed by atoms with Crippen LogP contribution in [0.5, 0.6) is 0 Å². The van der Waals surface area contributed by atoms with E-state index in [1.807, 2.05) is 12.1 Å². The van der Waals surface area contributed by atoms with Crippen molar-refractivity contribution in [2.24, 2.45) is 0 Å². The smallest absolute Gasteiger partial charge is 0.344 e. The number of carbonyl (C=O) groups is 1. The van der Waals surface area contributed by atoms with Crippen molar-refractivity contribution in [3.05, 3.63) is 30.0 Å². The molecule has 112 valence electrons. The Labute approximate surface area is 127 Å². The number of thioether (sulfide) groups is 1. The van der Waals surface area contributed by atoms with Crippen molar-refractivity contribution in [3.8, 4) is 5.82 Å². The average Bonchev–Trinajstić information content (AvgIpc) is 2.83. The number of rotatable bonds is 6. The molecule has 2 aromatic heterocycles. The zero-order valence-corrected chi connectivity index (χ0v) is 12.9. The number of hydrogen-bond donors (Lipinski definition) is 1. The highest BCUT2D eigenvalue weighted by molar-refractivity contribution is 7.99. The molecule has 0 spiro atoms. The summed E-state index contributed by atoms with van der Waals surface area (Å²) in [5.41, 5.74) is 6.41. The van der Waals surface area contributed by atoms with Crippen molar-refractivity contribution in [3.63, 3.8) is 0 Å². The minimum absolute atomic E-state index is 0.255. The second-order valence-electron chi connectivity index (χ2n) is 4.23. The third-order valence-corrected chi connectivity index (χ3v) is 3.85. The van der Waals surface area contributed by atoms with Gasteiger partial charge in [0.2, 0.25) is 0 Å². The molecule has 2 rings (SSSR count). The Morgan fingerprint density at radius 2 is 2.24 bits per heavy atom. The monoisotopic (exact) mass is 306 g/mol. The summed E-state index contributed by atoms with van der Waals surface area (Å²) in [5, 5.41) is 4.99. The van der Waals surface area contributed by atoms with Gasteiger partial charge in [0.25, 0.3) is 0 Å². The Morgan fingerprint density at radius 3 is 2.86 bits per heavy atom. The molecule has 0 bridgehead atoms. The summed E-state index contributed by atoms with van der Waals surface area (Å²) in [4.78, 5) is 16.3. The van der Waals surface area contributed by atoms with Gasteiger partial charge < -0.3 is 10.5 Å². The summed E-state index contributed by atoms with van der Waals surface area (Å²) < 4.78 is 6.55. The van der Waals surface area contributed by atoms with E-state index in [0.717, 1.165) is 12.2 Å². The number of anilines is 1. The van der Waals surface area contributed by atoms with Crippen molar-refractivity contribution in [2.75, 3.05) is 18.1 Å². The molecule has 21 heavy (non-hydrogen) atoms. The minimum Gasteiger partial charge on any atom is -0.462 e. The van der Waals surface area contributed by atoms with E-state index in [9.17, 15) is 4.79 Å². The van der Waals surface area contributed by atoms with E-state index in [-0.39, 0.29) is 5.82 Å². The van der Waals surface area contributed by atoms with Crippen LogP contribution in [0.1, 0.15) is 30.6 Å². The molecule has 0 aliphatic rings. The molecule has 0 aromatic carbocycles. The first-order valence-electron chi connectivity index (χ1n) is 6.78. The second-order valence-corrected chi connectivity index (χ2v) is 5.32. The first-order chi connectivity index (χ1) is 10.2. The van der Waals surface area contributed by atoms with Crippen LogP contribution >= 0.6 is 11.8 Å². The van der Waals surface area contributed by atoms with Crippen LogP contribution in [0.2, 0.25) is 0 Å². The maximum absolute atomic E-state index is 12.1. The highest BCUT2D eigenvalue weighted by Crippen LogP contribution is 2.29. The molecule has 2 heterocycles. The largest absolute Gasteiger partial charge is 0.462 e. The van der Waals surface area contributed by atoms with Gasteiger partial charge in [-0.15, -0.1) is 11.8 Å². The Hall–Kier alpha value is -2.02. The predicted octanol–water partition coefficient (Wildman–Crippen LogP) is 2.53. The van der Waals surface area contributed by atoms with Crippen LogP contribution in [0.25, 0.3) is 5.82 Å². The first-order valence-corrected chi connectivity index (χ1v) is 7.77. The first kappa shape index (κ1) is 15.4. The third-order valence-electron chi connectivity index (χ3n) is 2.68. The zero-order valence-electron chi connectivity index (χ0n) is 12.1. The highest BCUT2D eigenvalue weighted by atomic mass is 32.2. The number of hydrogen-bond acceptors (Lipinski definition) is 6. The van der Waals surface area contributed by atoms with Gasteiger partial charge in [-0.3, -0.25) is 0 Å². The molecule has 7 heteroatoms. The van der Waals surface area contributed by atoms with Crippen molar-refractivity contribution in [1.29, 1.82) is 0 Å². The lowest BCUT2D eigenvalue weighted by Gasteiger charge is -2.03. The van der Waals surface area contributed by atoms with Gasteiger partial charge in [0, 0.05) is 6.20 Å². The van der Waals surface area contributed by atoms with E-state index in [4.69, 9.17) is 10.5 Å². The van der Waals surface area contributed by atoms with E-state index in [1.165, 1.54) is 16.4 Å². The molecular weight excluding hydrogens is 288 g/mol. The summed E-state index contributed by atoms with van der Waals surface area (Å²) in [6.07, 6.45) is 2.63. The minimum atomic E-state index is -0.448. The fourth-order valence-corrected chi connectivity index (χ4v) is 2.63. The summed E-state index contributed by atoms with van der Waals surface area (Å²) in [6.45, 7) is 4.12. The summed E-state index contributed by atoms with van der Waals surface area (Å²) in [7, 11) is 0. The Bertz CT molecular complexity index is 613. The van der Waals surface area contributed by atoms with Crippen LogP contribution in [0.4, 0.5) is 5.82 Å². The number of esters is 1. The quantitative estimate of drug-likeness (QED) is 0.652. The summed E-state index contributed by atoms with van der Waals surface area (Å²) in [5.74, 6) is 1.23. The lowest BCUT2D eigenvalue weighted by Crippen LogP contribution is -2.10. The number of carbonyl (C=O) groups excluding carboxylic acids is 1. The molecule has 0 fully saturated rings.